The van der Waals surface area contributed by atoms with Crippen LogP contribution in [-0.4, -0.2) is 28.5 Å². The Morgan fingerprint density at radius 3 is 2.52 bits per heavy atom. The van der Waals surface area contributed by atoms with Crippen LogP contribution in [0.3, 0.4) is 0 Å². The Hall–Kier alpha value is -2.33. The first-order valence-corrected chi connectivity index (χ1v) is 7.24. The van der Waals surface area contributed by atoms with E-state index in [4.69, 9.17) is 5.73 Å². The van der Waals surface area contributed by atoms with Crippen molar-refractivity contribution in [2.24, 2.45) is 10.7 Å². The molecule has 2 rings (SSSR count). The number of halogens is 6. The number of alkyl halides is 6. The molecule has 1 aromatic rings. The molecule has 2 heterocycles. The summed E-state index contributed by atoms with van der Waals surface area (Å²) in [5.74, 6) is 0.0199. The van der Waals surface area contributed by atoms with Crippen LogP contribution >= 0.6 is 0 Å². The van der Waals surface area contributed by atoms with Crippen LogP contribution in [0.5, 0.6) is 0 Å². The number of hydrogen-bond acceptors (Lipinski definition) is 4. The standard InChI is InChI=1S/C14H14F6N4O/c15-13(16,17)3-4-22-7-8(6-21)10-11(14(18,19)20)23-9-2-1-5-24(9)12(10)25/h6-7H,1-5,21H2. The van der Waals surface area contributed by atoms with E-state index in [2.05, 4.69) is 9.98 Å². The fraction of sp³-hybridized carbons (Fsp3) is 0.500. The minimum absolute atomic E-state index is 0.0199. The fourth-order valence-corrected chi connectivity index (χ4v) is 2.43. The molecule has 0 aliphatic carbocycles. The van der Waals surface area contributed by atoms with E-state index >= 15 is 0 Å². The number of aryl methyl sites for hydroxylation is 1. The SMILES string of the molecule is NC=C(C=NCCC(F)(F)F)c1c(C(F)(F)F)nc2n(c1=O)CCC2. The van der Waals surface area contributed by atoms with Crippen molar-refractivity contribution in [3.8, 4) is 0 Å². The Balaban J connectivity index is 2.45. The molecule has 0 saturated heterocycles. The van der Waals surface area contributed by atoms with E-state index in [1.165, 1.54) is 0 Å². The highest BCUT2D eigenvalue weighted by molar-refractivity contribution is 6.09. The zero-order valence-electron chi connectivity index (χ0n) is 12.8. The molecule has 0 atom stereocenters. The summed E-state index contributed by atoms with van der Waals surface area (Å²) >= 11 is 0. The molecule has 138 valence electrons. The third kappa shape index (κ3) is 4.40. The topological polar surface area (TPSA) is 73.3 Å². The molecule has 2 N–H and O–H groups in total. The van der Waals surface area contributed by atoms with Crippen LogP contribution in [0.1, 0.15) is 29.9 Å². The normalized spacial score (nSPS) is 15.8. The van der Waals surface area contributed by atoms with Crippen LogP contribution in [0.4, 0.5) is 26.3 Å². The van der Waals surface area contributed by atoms with Crippen molar-refractivity contribution in [1.82, 2.24) is 9.55 Å². The van der Waals surface area contributed by atoms with Gasteiger partial charge in [0.2, 0.25) is 0 Å². The van der Waals surface area contributed by atoms with Crippen molar-refractivity contribution in [3.63, 3.8) is 0 Å². The number of nitrogens with zero attached hydrogens (tertiary/aromatic N) is 3. The Kier molecular flexibility index (Phi) is 5.23. The first-order chi connectivity index (χ1) is 11.5. The summed E-state index contributed by atoms with van der Waals surface area (Å²) < 4.78 is 77.2. The van der Waals surface area contributed by atoms with E-state index in [9.17, 15) is 31.1 Å². The molecule has 11 heteroatoms. The van der Waals surface area contributed by atoms with Crippen LogP contribution in [0.15, 0.2) is 16.0 Å². The first kappa shape index (κ1) is 19.0. The van der Waals surface area contributed by atoms with Crippen molar-refractivity contribution in [1.29, 1.82) is 0 Å². The molecule has 5 nitrogen and oxygen atoms in total. The molecule has 1 aliphatic heterocycles. The molecule has 0 amide bonds. The number of aliphatic imine (C=N–C) groups is 1. The molecular weight excluding hydrogens is 354 g/mol. The van der Waals surface area contributed by atoms with Gasteiger partial charge in [-0.1, -0.05) is 0 Å². The predicted molar refractivity (Wildman–Crippen MR) is 78.0 cm³/mol. The molecule has 0 bridgehead atoms. The zero-order chi connectivity index (χ0) is 18.8. The van der Waals surface area contributed by atoms with Gasteiger partial charge in [-0.05, 0) is 6.42 Å². The summed E-state index contributed by atoms with van der Waals surface area (Å²) in [7, 11) is 0. The molecule has 0 fully saturated rings. The van der Waals surface area contributed by atoms with Crippen LogP contribution in [-0.2, 0) is 19.1 Å². The third-order valence-electron chi connectivity index (χ3n) is 3.52. The second kappa shape index (κ2) is 6.89. The van der Waals surface area contributed by atoms with Gasteiger partial charge in [-0.2, -0.15) is 26.3 Å². The Morgan fingerprint density at radius 1 is 1.28 bits per heavy atom. The Labute approximate surface area is 137 Å². The molecule has 0 radical (unpaired) electrons. The number of hydrogen-bond donors (Lipinski definition) is 1. The summed E-state index contributed by atoms with van der Waals surface area (Å²) in [6.07, 6.45) is -8.45. The van der Waals surface area contributed by atoms with Gasteiger partial charge in [0.05, 0.1) is 12.0 Å². The van der Waals surface area contributed by atoms with Gasteiger partial charge in [-0.3, -0.25) is 14.4 Å². The first-order valence-electron chi connectivity index (χ1n) is 7.24. The van der Waals surface area contributed by atoms with E-state index in [1.54, 1.807) is 0 Å². The average Bonchev–Trinajstić information content (AvgIpc) is 2.95. The van der Waals surface area contributed by atoms with Crippen LogP contribution < -0.4 is 11.3 Å². The molecule has 0 spiro atoms. The minimum atomic E-state index is -4.92. The number of nitrogens with two attached hydrogens (primary N) is 1. The maximum absolute atomic E-state index is 13.3. The average molecular weight is 368 g/mol. The van der Waals surface area contributed by atoms with E-state index in [0.29, 0.717) is 12.6 Å². The van der Waals surface area contributed by atoms with Gasteiger partial charge in [0.15, 0.2) is 5.69 Å². The van der Waals surface area contributed by atoms with Crippen LogP contribution in [0.25, 0.3) is 5.57 Å². The molecule has 0 aromatic carbocycles. The molecular formula is C14H14F6N4O. The van der Waals surface area contributed by atoms with E-state index in [1.807, 2.05) is 0 Å². The van der Waals surface area contributed by atoms with Crippen LogP contribution in [0.2, 0.25) is 0 Å². The van der Waals surface area contributed by atoms with Crippen molar-refractivity contribution >= 4 is 11.8 Å². The van der Waals surface area contributed by atoms with Gasteiger partial charge in [0, 0.05) is 37.5 Å². The van der Waals surface area contributed by atoms with Gasteiger partial charge in [-0.15, -0.1) is 0 Å². The minimum Gasteiger partial charge on any atom is -0.404 e. The lowest BCUT2D eigenvalue weighted by atomic mass is 10.1. The van der Waals surface area contributed by atoms with Crippen molar-refractivity contribution in [2.75, 3.05) is 6.54 Å². The monoisotopic (exact) mass is 368 g/mol. The fourth-order valence-electron chi connectivity index (χ4n) is 2.43. The second-order valence-corrected chi connectivity index (χ2v) is 5.33. The lowest BCUT2D eigenvalue weighted by molar-refractivity contribution is -0.141. The largest absolute Gasteiger partial charge is 0.434 e. The predicted octanol–water partition coefficient (Wildman–Crippen LogP) is 2.53. The number of fused-ring (bicyclic) bond motifs is 1. The summed E-state index contributed by atoms with van der Waals surface area (Å²) in [4.78, 5) is 19.4. The summed E-state index contributed by atoms with van der Waals surface area (Å²) in [5, 5.41) is 0. The van der Waals surface area contributed by atoms with E-state index in [0.717, 1.165) is 10.8 Å². The third-order valence-corrected chi connectivity index (χ3v) is 3.52. The summed E-state index contributed by atoms with van der Waals surface area (Å²) in [6, 6.07) is 0. The molecule has 0 saturated carbocycles. The highest BCUT2D eigenvalue weighted by Crippen LogP contribution is 2.32. The van der Waals surface area contributed by atoms with Gasteiger partial charge in [0.1, 0.15) is 5.82 Å². The smallest absolute Gasteiger partial charge is 0.404 e. The Bertz CT molecular complexity index is 760. The van der Waals surface area contributed by atoms with Gasteiger partial charge in [-0.25, -0.2) is 4.98 Å². The quantitative estimate of drug-likeness (QED) is 0.656. The maximum atomic E-state index is 13.3. The highest BCUT2D eigenvalue weighted by atomic mass is 19.4. The summed E-state index contributed by atoms with van der Waals surface area (Å²) in [6.45, 7) is -0.475. The second-order valence-electron chi connectivity index (χ2n) is 5.33. The van der Waals surface area contributed by atoms with Gasteiger partial charge in [0.25, 0.3) is 5.56 Å². The van der Waals surface area contributed by atoms with Crippen molar-refractivity contribution in [3.05, 3.63) is 33.6 Å². The van der Waals surface area contributed by atoms with Gasteiger partial charge >= 0.3 is 12.4 Å². The van der Waals surface area contributed by atoms with E-state index in [-0.39, 0.29) is 18.8 Å². The van der Waals surface area contributed by atoms with Gasteiger partial charge < -0.3 is 5.73 Å². The lowest BCUT2D eigenvalue weighted by Crippen LogP contribution is -2.30. The highest BCUT2D eigenvalue weighted by Gasteiger charge is 2.39. The molecule has 1 aromatic heterocycles. The van der Waals surface area contributed by atoms with Crippen molar-refractivity contribution in [2.45, 2.75) is 38.2 Å². The van der Waals surface area contributed by atoms with Crippen molar-refractivity contribution < 1.29 is 26.3 Å². The molecule has 25 heavy (non-hydrogen) atoms. The number of rotatable bonds is 4. The zero-order valence-corrected chi connectivity index (χ0v) is 12.8. The number of allylic oxidation sites excluding steroid dienone is 1. The lowest BCUT2D eigenvalue weighted by Gasteiger charge is -2.14. The maximum Gasteiger partial charge on any atom is 0.434 e. The molecule has 0 unspecified atom stereocenters. The molecule has 1 aliphatic rings. The van der Waals surface area contributed by atoms with Crippen LogP contribution in [0, 0.1) is 0 Å². The summed E-state index contributed by atoms with van der Waals surface area (Å²) in [5.41, 5.74) is 1.70. The Morgan fingerprint density at radius 2 is 1.96 bits per heavy atom. The van der Waals surface area contributed by atoms with E-state index < -0.39 is 47.7 Å². The number of aromatic nitrogens is 2.